The standard InChI is InChI=1S/C14H19NO2/c1-11-2-3-13-14(10-11)17-9-6-15(13)12-4-7-16-8-5-12/h2-3,10,12H,4-9H2,1H3. The van der Waals surface area contributed by atoms with Crippen molar-refractivity contribution in [2.24, 2.45) is 0 Å². The summed E-state index contributed by atoms with van der Waals surface area (Å²) in [5, 5.41) is 0. The van der Waals surface area contributed by atoms with Crippen LogP contribution in [-0.2, 0) is 4.74 Å². The van der Waals surface area contributed by atoms with E-state index in [0.29, 0.717) is 6.04 Å². The molecule has 2 aliphatic rings. The molecule has 1 aromatic carbocycles. The van der Waals surface area contributed by atoms with E-state index >= 15 is 0 Å². The van der Waals surface area contributed by atoms with Crippen LogP contribution in [0.4, 0.5) is 5.69 Å². The van der Waals surface area contributed by atoms with Crippen molar-refractivity contribution in [1.82, 2.24) is 0 Å². The molecule has 0 unspecified atom stereocenters. The number of nitrogens with zero attached hydrogens (tertiary/aromatic N) is 1. The van der Waals surface area contributed by atoms with E-state index in [1.807, 2.05) is 0 Å². The Hall–Kier alpha value is -1.22. The van der Waals surface area contributed by atoms with Crippen LogP contribution in [0, 0.1) is 6.92 Å². The number of hydrogen-bond acceptors (Lipinski definition) is 3. The Labute approximate surface area is 102 Å². The molecule has 1 aromatic rings. The highest BCUT2D eigenvalue weighted by Crippen LogP contribution is 2.35. The molecular weight excluding hydrogens is 214 g/mol. The fourth-order valence-electron chi connectivity index (χ4n) is 2.72. The van der Waals surface area contributed by atoms with E-state index in [9.17, 15) is 0 Å². The van der Waals surface area contributed by atoms with Crippen LogP contribution in [0.5, 0.6) is 5.75 Å². The number of fused-ring (bicyclic) bond motifs is 1. The van der Waals surface area contributed by atoms with Crippen molar-refractivity contribution in [2.75, 3.05) is 31.3 Å². The van der Waals surface area contributed by atoms with Crippen LogP contribution in [0.25, 0.3) is 0 Å². The van der Waals surface area contributed by atoms with E-state index in [1.165, 1.54) is 11.3 Å². The zero-order valence-corrected chi connectivity index (χ0v) is 10.3. The lowest BCUT2D eigenvalue weighted by Gasteiger charge is -2.39. The SMILES string of the molecule is Cc1ccc2c(c1)OCCN2C1CCOCC1. The second kappa shape index (κ2) is 4.57. The van der Waals surface area contributed by atoms with Crippen molar-refractivity contribution in [2.45, 2.75) is 25.8 Å². The van der Waals surface area contributed by atoms with Crippen LogP contribution < -0.4 is 9.64 Å². The highest BCUT2D eigenvalue weighted by Gasteiger charge is 2.26. The maximum atomic E-state index is 5.75. The van der Waals surface area contributed by atoms with Crippen LogP contribution >= 0.6 is 0 Å². The van der Waals surface area contributed by atoms with E-state index < -0.39 is 0 Å². The third kappa shape index (κ3) is 2.12. The van der Waals surface area contributed by atoms with Gasteiger partial charge in [-0.15, -0.1) is 0 Å². The molecule has 0 amide bonds. The van der Waals surface area contributed by atoms with Crippen molar-refractivity contribution in [3.8, 4) is 5.75 Å². The van der Waals surface area contributed by atoms with Gasteiger partial charge in [-0.2, -0.15) is 0 Å². The van der Waals surface area contributed by atoms with Crippen LogP contribution in [0.15, 0.2) is 18.2 Å². The zero-order chi connectivity index (χ0) is 11.7. The Morgan fingerprint density at radius 1 is 1.18 bits per heavy atom. The summed E-state index contributed by atoms with van der Waals surface area (Å²) in [7, 11) is 0. The van der Waals surface area contributed by atoms with Gasteiger partial charge in [0.25, 0.3) is 0 Å². The van der Waals surface area contributed by atoms with Crippen LogP contribution in [0.1, 0.15) is 18.4 Å². The predicted octanol–water partition coefficient (Wildman–Crippen LogP) is 2.37. The maximum absolute atomic E-state index is 5.75. The normalized spacial score (nSPS) is 20.9. The van der Waals surface area contributed by atoms with Gasteiger partial charge in [-0.3, -0.25) is 0 Å². The summed E-state index contributed by atoms with van der Waals surface area (Å²) in [6.07, 6.45) is 2.26. The highest BCUT2D eigenvalue weighted by atomic mass is 16.5. The maximum Gasteiger partial charge on any atom is 0.142 e. The average Bonchev–Trinajstić information content (AvgIpc) is 2.39. The Balaban J connectivity index is 1.88. The second-order valence-corrected chi connectivity index (χ2v) is 4.86. The molecule has 0 aliphatic carbocycles. The molecule has 3 heteroatoms. The first-order valence-electron chi connectivity index (χ1n) is 6.42. The van der Waals surface area contributed by atoms with Crippen LogP contribution in [-0.4, -0.2) is 32.4 Å². The number of rotatable bonds is 1. The largest absolute Gasteiger partial charge is 0.490 e. The van der Waals surface area contributed by atoms with Gasteiger partial charge in [-0.1, -0.05) is 6.07 Å². The fourth-order valence-corrected chi connectivity index (χ4v) is 2.72. The quantitative estimate of drug-likeness (QED) is 0.743. The average molecular weight is 233 g/mol. The number of ether oxygens (including phenoxy) is 2. The van der Waals surface area contributed by atoms with Crippen LogP contribution in [0.2, 0.25) is 0 Å². The molecule has 2 heterocycles. The summed E-state index contributed by atoms with van der Waals surface area (Å²) in [5.74, 6) is 1.04. The Morgan fingerprint density at radius 3 is 2.82 bits per heavy atom. The molecule has 3 rings (SSSR count). The molecular formula is C14H19NO2. The van der Waals surface area contributed by atoms with E-state index in [2.05, 4.69) is 30.0 Å². The second-order valence-electron chi connectivity index (χ2n) is 4.86. The van der Waals surface area contributed by atoms with E-state index in [-0.39, 0.29) is 0 Å². The zero-order valence-electron chi connectivity index (χ0n) is 10.3. The summed E-state index contributed by atoms with van der Waals surface area (Å²) in [6.45, 7) is 5.69. The molecule has 1 saturated heterocycles. The van der Waals surface area contributed by atoms with Crippen molar-refractivity contribution in [1.29, 1.82) is 0 Å². The van der Waals surface area contributed by atoms with Crippen LogP contribution in [0.3, 0.4) is 0 Å². The van der Waals surface area contributed by atoms with Gasteiger partial charge in [-0.25, -0.2) is 0 Å². The van der Waals surface area contributed by atoms with E-state index in [4.69, 9.17) is 9.47 Å². The summed E-state index contributed by atoms with van der Waals surface area (Å²) in [6, 6.07) is 7.12. The number of anilines is 1. The van der Waals surface area contributed by atoms with Gasteiger partial charge < -0.3 is 14.4 Å². The number of hydrogen-bond donors (Lipinski definition) is 0. The van der Waals surface area contributed by atoms with Crippen molar-refractivity contribution < 1.29 is 9.47 Å². The number of benzene rings is 1. The lowest BCUT2D eigenvalue weighted by atomic mass is 10.0. The van der Waals surface area contributed by atoms with Gasteiger partial charge in [0.1, 0.15) is 12.4 Å². The third-order valence-electron chi connectivity index (χ3n) is 3.65. The van der Waals surface area contributed by atoms with Gasteiger partial charge in [0.05, 0.1) is 12.2 Å². The van der Waals surface area contributed by atoms with E-state index in [0.717, 1.165) is 45.0 Å². The minimum absolute atomic E-state index is 0.620. The van der Waals surface area contributed by atoms with Gasteiger partial charge >= 0.3 is 0 Å². The monoisotopic (exact) mass is 233 g/mol. The molecule has 0 spiro atoms. The van der Waals surface area contributed by atoms with Gasteiger partial charge in [-0.05, 0) is 37.5 Å². The van der Waals surface area contributed by atoms with Crippen molar-refractivity contribution in [3.05, 3.63) is 23.8 Å². The van der Waals surface area contributed by atoms with Gasteiger partial charge in [0.15, 0.2) is 0 Å². The Bertz CT molecular complexity index is 399. The van der Waals surface area contributed by atoms with Gasteiger partial charge in [0.2, 0.25) is 0 Å². The first-order chi connectivity index (χ1) is 8.34. The van der Waals surface area contributed by atoms with Gasteiger partial charge in [0, 0.05) is 19.3 Å². The molecule has 0 bridgehead atoms. The fraction of sp³-hybridized carbons (Fsp3) is 0.571. The van der Waals surface area contributed by atoms with E-state index in [1.54, 1.807) is 0 Å². The summed E-state index contributed by atoms with van der Waals surface area (Å²) in [5.41, 5.74) is 2.52. The molecule has 0 atom stereocenters. The minimum Gasteiger partial charge on any atom is -0.490 e. The van der Waals surface area contributed by atoms with Crippen molar-refractivity contribution >= 4 is 5.69 Å². The first-order valence-corrected chi connectivity index (χ1v) is 6.42. The molecule has 3 nitrogen and oxygen atoms in total. The molecule has 1 fully saturated rings. The molecule has 2 aliphatic heterocycles. The molecule has 0 radical (unpaired) electrons. The minimum atomic E-state index is 0.620. The molecule has 0 saturated carbocycles. The molecule has 0 aromatic heterocycles. The summed E-state index contributed by atoms with van der Waals surface area (Å²) >= 11 is 0. The molecule has 0 N–H and O–H groups in total. The van der Waals surface area contributed by atoms with Crippen molar-refractivity contribution in [3.63, 3.8) is 0 Å². The summed E-state index contributed by atoms with van der Waals surface area (Å²) < 4.78 is 11.2. The highest BCUT2D eigenvalue weighted by molar-refractivity contribution is 5.61. The molecule has 92 valence electrons. The third-order valence-corrected chi connectivity index (χ3v) is 3.65. The summed E-state index contributed by atoms with van der Waals surface area (Å²) in [4.78, 5) is 2.50. The Kier molecular flexibility index (Phi) is 2.93. The predicted molar refractivity (Wildman–Crippen MR) is 67.9 cm³/mol. The Morgan fingerprint density at radius 2 is 2.00 bits per heavy atom. The topological polar surface area (TPSA) is 21.7 Å². The molecule has 17 heavy (non-hydrogen) atoms. The smallest absolute Gasteiger partial charge is 0.142 e. The first kappa shape index (κ1) is 10.9. The lowest BCUT2D eigenvalue weighted by Crippen LogP contribution is -2.44. The number of aryl methyl sites for hydroxylation is 1. The lowest BCUT2D eigenvalue weighted by molar-refractivity contribution is 0.0828.